The Balaban J connectivity index is 0.000000243. The molecule has 3 amide bonds. The number of rotatable bonds is 14. The van der Waals surface area contributed by atoms with Gasteiger partial charge in [-0.25, -0.2) is 35.9 Å². The average Bonchev–Trinajstić information content (AvgIpc) is 3.27. The molecule has 4 N–H and O–H groups in total. The zero-order valence-electron chi connectivity index (χ0n) is 36.7. The molecule has 6 aromatic rings. The van der Waals surface area contributed by atoms with Crippen molar-refractivity contribution in [2.45, 2.75) is 37.0 Å². The summed E-state index contributed by atoms with van der Waals surface area (Å²) in [5, 5.41) is 22.6. The summed E-state index contributed by atoms with van der Waals surface area (Å²) in [4.78, 5) is 59.6. The quantitative estimate of drug-likeness (QED) is 0.0453. The first-order chi connectivity index (χ1) is 33.5. The fourth-order valence-electron chi connectivity index (χ4n) is 5.56. The molecule has 0 aliphatic rings. The summed E-state index contributed by atoms with van der Waals surface area (Å²) in [5.74, 6) is -2.34. The Morgan fingerprint density at radius 1 is 0.847 bits per heavy atom. The lowest BCUT2D eigenvalue weighted by Gasteiger charge is -2.13. The molecule has 0 fully saturated rings. The molecule has 0 unspecified atom stereocenters. The third kappa shape index (κ3) is 17.3. The monoisotopic (exact) mass is 1090 g/mol. The van der Waals surface area contributed by atoms with E-state index in [4.69, 9.17) is 42.5 Å². The van der Waals surface area contributed by atoms with Gasteiger partial charge in [0.1, 0.15) is 34.2 Å². The molecule has 0 bridgehead atoms. The van der Waals surface area contributed by atoms with E-state index in [2.05, 4.69) is 25.3 Å². The first-order valence-corrected chi connectivity index (χ1v) is 23.6. The summed E-state index contributed by atoms with van der Waals surface area (Å²) in [5.41, 5.74) is -1.85. The summed E-state index contributed by atoms with van der Waals surface area (Å²) < 4.78 is 141. The molecule has 72 heavy (non-hydrogen) atoms. The van der Waals surface area contributed by atoms with E-state index in [0.29, 0.717) is 34.7 Å². The van der Waals surface area contributed by atoms with Gasteiger partial charge in [0.15, 0.2) is 6.61 Å². The standard InChI is InChI=1S/C15H10ClF3N2O6S.C15H16F3N5O4S.C11H8ClNO3/c1-28(25,26)20-14(22)10-7-9(3-4-12(10)21(23)24)27-13-5-2-8(6-11(13)16)15(17,18)19;1-9-19-12(22-14(20-9)27-2)21-13(24)23-28(25,26)11-6-4-3-5-10(11)7-8-15(16,17)18;12-8-3-4-9(16-6-10(14)15)11-7(8)2-1-5-13-11/h2-7H,1H3,(H,20,22);3-6H,7-8H2,1-2H3,(H2,19,20,21,22,23,24);1-5H,6H2,(H,14,15). The van der Waals surface area contributed by atoms with Gasteiger partial charge in [-0.3, -0.25) is 25.2 Å². The smallest absolute Gasteiger partial charge is 0.416 e. The largest absolute Gasteiger partial charge is 0.480 e. The second kappa shape index (κ2) is 24.0. The highest BCUT2D eigenvalue weighted by molar-refractivity contribution is 7.90. The number of carbonyl (C=O) groups excluding carboxylic acids is 2. The van der Waals surface area contributed by atoms with Crippen LogP contribution in [0.3, 0.4) is 0 Å². The molecule has 31 heteroatoms. The van der Waals surface area contributed by atoms with Gasteiger partial charge in [0.2, 0.25) is 16.0 Å². The van der Waals surface area contributed by atoms with Gasteiger partial charge in [-0.1, -0.05) is 41.4 Å². The third-order valence-electron chi connectivity index (χ3n) is 8.51. The van der Waals surface area contributed by atoms with E-state index < -0.39 is 101 Å². The van der Waals surface area contributed by atoms with Gasteiger partial charge >= 0.3 is 30.4 Å². The number of halogens is 8. The number of benzene rings is 4. The van der Waals surface area contributed by atoms with Gasteiger partial charge < -0.3 is 19.3 Å². The molecule has 0 aliphatic carbocycles. The van der Waals surface area contributed by atoms with Crippen molar-refractivity contribution < 1.29 is 81.8 Å². The van der Waals surface area contributed by atoms with E-state index in [0.717, 1.165) is 35.7 Å². The van der Waals surface area contributed by atoms with Crippen LogP contribution in [0, 0.1) is 17.0 Å². The van der Waals surface area contributed by atoms with Crippen LogP contribution in [0.25, 0.3) is 10.9 Å². The number of nitro benzene ring substituents is 1. The minimum Gasteiger partial charge on any atom is -0.480 e. The molecule has 4 aromatic carbocycles. The average molecular weight is 1100 g/mol. The zero-order chi connectivity index (χ0) is 53.8. The van der Waals surface area contributed by atoms with Crippen LogP contribution in [-0.4, -0.2) is 90.9 Å². The first-order valence-electron chi connectivity index (χ1n) is 19.4. The molecule has 0 spiro atoms. The summed E-state index contributed by atoms with van der Waals surface area (Å²) in [6.07, 6.45) is -8.53. The number of aryl methyl sites for hydroxylation is 2. The number of aromatic nitrogens is 4. The molecule has 6 rings (SSSR count). The van der Waals surface area contributed by atoms with Crippen LogP contribution in [0.5, 0.6) is 23.3 Å². The van der Waals surface area contributed by atoms with Crippen molar-refractivity contribution in [3.8, 4) is 23.3 Å². The number of fused-ring (bicyclic) bond motifs is 1. The molecule has 384 valence electrons. The van der Waals surface area contributed by atoms with Gasteiger partial charge in [0, 0.05) is 30.1 Å². The number of nitrogens with one attached hydrogen (secondary N) is 3. The van der Waals surface area contributed by atoms with E-state index in [1.165, 1.54) is 32.2 Å². The Bertz CT molecular complexity index is 3230. The molecule has 0 radical (unpaired) electrons. The van der Waals surface area contributed by atoms with Crippen LogP contribution in [-0.2, 0) is 37.4 Å². The number of ether oxygens (including phenoxy) is 3. The highest BCUT2D eigenvalue weighted by Gasteiger charge is 2.32. The number of alkyl halides is 6. The molecule has 0 atom stereocenters. The fraction of sp³-hybridized carbons (Fsp3) is 0.195. The summed E-state index contributed by atoms with van der Waals surface area (Å²) >= 11 is 11.7. The van der Waals surface area contributed by atoms with Crippen molar-refractivity contribution in [1.29, 1.82) is 0 Å². The number of carboxylic acid groups (broad SMARTS) is 1. The number of methoxy groups -OCH3 is 1. The Morgan fingerprint density at radius 2 is 1.53 bits per heavy atom. The molecule has 2 heterocycles. The second-order valence-corrected chi connectivity index (χ2v) is 18.2. The number of aliphatic carboxylic acids is 1. The normalized spacial score (nSPS) is 11.4. The summed E-state index contributed by atoms with van der Waals surface area (Å²) in [6, 6.07) is 15.7. The summed E-state index contributed by atoms with van der Waals surface area (Å²) in [6.45, 7) is 1.11. The van der Waals surface area contributed by atoms with Crippen LogP contribution >= 0.6 is 23.2 Å². The van der Waals surface area contributed by atoms with Crippen molar-refractivity contribution >= 4 is 83.7 Å². The predicted octanol–water partition coefficient (Wildman–Crippen LogP) is 8.29. The van der Waals surface area contributed by atoms with Crippen molar-refractivity contribution in [3.05, 3.63) is 134 Å². The van der Waals surface area contributed by atoms with Crippen LogP contribution in [0.15, 0.2) is 96.0 Å². The number of nitrogens with zero attached hydrogens (tertiary/aromatic N) is 5. The lowest BCUT2D eigenvalue weighted by atomic mass is 10.1. The van der Waals surface area contributed by atoms with E-state index in [1.807, 2.05) is 0 Å². The Labute approximate surface area is 412 Å². The maximum absolute atomic E-state index is 12.7. The van der Waals surface area contributed by atoms with Crippen LogP contribution < -0.4 is 29.0 Å². The number of nitro groups is 1. The maximum Gasteiger partial charge on any atom is 0.416 e. The number of carbonyl (C=O) groups is 3. The maximum atomic E-state index is 12.7. The predicted molar refractivity (Wildman–Crippen MR) is 243 cm³/mol. The van der Waals surface area contributed by atoms with Crippen molar-refractivity contribution in [2.75, 3.05) is 25.3 Å². The van der Waals surface area contributed by atoms with E-state index in [1.54, 1.807) is 39.9 Å². The number of urea groups is 1. The zero-order valence-corrected chi connectivity index (χ0v) is 39.8. The first kappa shape index (κ1) is 57.0. The minimum atomic E-state index is -4.62. The van der Waals surface area contributed by atoms with E-state index in [-0.39, 0.29) is 34.8 Å². The lowest BCUT2D eigenvalue weighted by Crippen LogP contribution is -2.35. The third-order valence-corrected chi connectivity index (χ3v) is 11.1. The fourth-order valence-corrected chi connectivity index (χ4v) is 7.61. The van der Waals surface area contributed by atoms with Gasteiger partial charge in [0.05, 0.1) is 38.8 Å². The molecular formula is C41H34Cl2F6N8O13S2. The van der Waals surface area contributed by atoms with Crippen LogP contribution in [0.4, 0.5) is 42.8 Å². The van der Waals surface area contributed by atoms with Gasteiger partial charge in [-0.15, -0.1) is 0 Å². The van der Waals surface area contributed by atoms with Crippen molar-refractivity contribution in [1.82, 2.24) is 29.4 Å². The number of anilines is 1. The number of amides is 3. The van der Waals surface area contributed by atoms with Crippen molar-refractivity contribution in [2.24, 2.45) is 0 Å². The minimum absolute atomic E-state index is 0.0715. The van der Waals surface area contributed by atoms with E-state index in [9.17, 15) is 67.7 Å². The number of carboxylic acids is 1. The SMILES string of the molecule is COc1nc(C)nc(NC(=O)NS(=O)(=O)c2ccccc2CCC(F)(F)F)n1.CS(=O)(=O)NC(=O)c1cc(Oc2ccc(C(F)(F)F)cc2Cl)ccc1[N+](=O)[O-].O=C(O)COc1ccc(Cl)c2cccnc12. The Morgan fingerprint density at radius 3 is 2.14 bits per heavy atom. The second-order valence-electron chi connectivity index (χ2n) is 14.0. The number of sulfonamides is 2. The Hall–Kier alpha value is -7.63. The molecule has 2 aromatic heterocycles. The molecule has 0 aliphatic heterocycles. The number of hydrogen-bond acceptors (Lipinski definition) is 16. The molecule has 21 nitrogen and oxygen atoms in total. The molecule has 0 saturated carbocycles. The van der Waals surface area contributed by atoms with Crippen LogP contribution in [0.1, 0.15) is 33.7 Å². The van der Waals surface area contributed by atoms with Gasteiger partial charge in [0.25, 0.3) is 21.6 Å². The van der Waals surface area contributed by atoms with Crippen molar-refractivity contribution in [3.63, 3.8) is 0 Å². The highest BCUT2D eigenvalue weighted by Crippen LogP contribution is 2.37. The van der Waals surface area contributed by atoms with Crippen LogP contribution in [0.2, 0.25) is 10.0 Å². The van der Waals surface area contributed by atoms with E-state index >= 15 is 0 Å². The number of hydrogen-bond donors (Lipinski definition) is 4. The molecular weight excluding hydrogens is 1060 g/mol. The number of pyridine rings is 1. The van der Waals surface area contributed by atoms with Gasteiger partial charge in [-0.05, 0) is 73.5 Å². The lowest BCUT2D eigenvalue weighted by molar-refractivity contribution is -0.385. The molecule has 0 saturated heterocycles. The summed E-state index contributed by atoms with van der Waals surface area (Å²) in [7, 11) is -7.14. The topological polar surface area (TPSA) is 298 Å². The van der Waals surface area contributed by atoms with Gasteiger partial charge in [-0.2, -0.15) is 41.3 Å². The Kier molecular flexibility index (Phi) is 19.0. The highest BCUT2D eigenvalue weighted by atomic mass is 35.5.